The summed E-state index contributed by atoms with van der Waals surface area (Å²) in [7, 11) is 2.12. The molecule has 1 aromatic carbocycles. The third kappa shape index (κ3) is 3.69. The van der Waals surface area contributed by atoms with Crippen molar-refractivity contribution in [2.45, 2.75) is 37.6 Å². The van der Waals surface area contributed by atoms with Crippen LogP contribution >= 0.6 is 0 Å². The summed E-state index contributed by atoms with van der Waals surface area (Å²) in [6, 6.07) is 5.67. The van der Waals surface area contributed by atoms with Crippen LogP contribution in [0.3, 0.4) is 0 Å². The Bertz CT molecular complexity index is 802. The molecule has 0 saturated carbocycles. The number of carboxylic acid groups (broad SMARTS) is 1. The fourth-order valence-corrected chi connectivity index (χ4v) is 4.99. The molecule has 1 atom stereocenters. The number of hydrogen-bond donors (Lipinski definition) is 3. The monoisotopic (exact) mass is 370 g/mol. The molecule has 2 aliphatic heterocycles. The maximum Gasteiger partial charge on any atom is 0.321 e. The lowest BCUT2D eigenvalue weighted by Gasteiger charge is -2.41. The van der Waals surface area contributed by atoms with Gasteiger partial charge in [-0.15, -0.1) is 0 Å². The molecule has 1 unspecified atom stereocenters. The van der Waals surface area contributed by atoms with Crippen molar-refractivity contribution in [3.05, 3.63) is 30.0 Å². The normalized spacial score (nSPS) is 22.3. The van der Waals surface area contributed by atoms with Crippen molar-refractivity contribution >= 4 is 22.6 Å². The van der Waals surface area contributed by atoms with E-state index in [-0.39, 0.29) is 12.0 Å². The number of nitrogen functional groups attached to an aromatic ring is 1. The quantitative estimate of drug-likeness (QED) is 0.721. The Balaban J connectivity index is 1.45. The first-order chi connectivity index (χ1) is 13.0. The highest BCUT2D eigenvalue weighted by molar-refractivity contribution is 5.86. The molecule has 27 heavy (non-hydrogen) atoms. The molecule has 2 aromatic rings. The predicted octanol–water partition coefficient (Wildman–Crippen LogP) is 2.72. The number of H-pyrrole nitrogens is 1. The number of hydrogen-bond acceptors (Lipinski definition) is 4. The first-order valence-electron chi connectivity index (χ1n) is 10.0. The highest BCUT2D eigenvalue weighted by atomic mass is 16.4. The Morgan fingerprint density at radius 3 is 2.56 bits per heavy atom. The number of carboxylic acids is 1. The van der Waals surface area contributed by atoms with Gasteiger partial charge in [-0.25, -0.2) is 0 Å². The Labute approximate surface area is 160 Å². The van der Waals surface area contributed by atoms with Gasteiger partial charge in [-0.3, -0.25) is 9.69 Å². The van der Waals surface area contributed by atoms with Crippen molar-refractivity contribution < 1.29 is 9.90 Å². The average Bonchev–Trinajstić information content (AvgIpc) is 3.07. The maximum absolute atomic E-state index is 12.0. The van der Waals surface area contributed by atoms with Crippen LogP contribution in [0.5, 0.6) is 0 Å². The number of aliphatic carboxylic acids is 1. The Kier molecular flexibility index (Phi) is 5.10. The first-order valence-corrected chi connectivity index (χ1v) is 10.0. The van der Waals surface area contributed by atoms with E-state index in [4.69, 9.17) is 5.73 Å². The van der Waals surface area contributed by atoms with Crippen LogP contribution in [0.15, 0.2) is 24.4 Å². The van der Waals surface area contributed by atoms with Gasteiger partial charge < -0.3 is 20.7 Å². The van der Waals surface area contributed by atoms with Gasteiger partial charge in [-0.2, -0.15) is 0 Å². The second-order valence-corrected chi connectivity index (χ2v) is 8.28. The fraction of sp³-hybridized carbons (Fsp3) is 0.571. The molecule has 6 heteroatoms. The zero-order valence-electron chi connectivity index (χ0n) is 16.0. The minimum absolute atomic E-state index is 0.267. The zero-order chi connectivity index (χ0) is 19.0. The van der Waals surface area contributed by atoms with E-state index < -0.39 is 5.97 Å². The molecule has 0 spiro atoms. The number of aromatic nitrogens is 1. The van der Waals surface area contributed by atoms with E-state index in [9.17, 15) is 9.90 Å². The second-order valence-electron chi connectivity index (χ2n) is 8.28. The van der Waals surface area contributed by atoms with Crippen molar-refractivity contribution in [2.75, 3.05) is 39.0 Å². The van der Waals surface area contributed by atoms with Gasteiger partial charge in [0, 0.05) is 22.8 Å². The van der Waals surface area contributed by atoms with Gasteiger partial charge in [0.05, 0.1) is 0 Å². The van der Waals surface area contributed by atoms with Crippen LogP contribution < -0.4 is 5.73 Å². The van der Waals surface area contributed by atoms with Gasteiger partial charge in [-0.1, -0.05) is 0 Å². The van der Waals surface area contributed by atoms with Crippen LogP contribution in [0.1, 0.15) is 37.2 Å². The zero-order valence-corrected chi connectivity index (χ0v) is 16.0. The number of carbonyl (C=O) groups is 1. The van der Waals surface area contributed by atoms with Gasteiger partial charge in [-0.05, 0) is 94.5 Å². The molecule has 2 saturated heterocycles. The lowest BCUT2D eigenvalue weighted by molar-refractivity contribution is -0.147. The fourth-order valence-electron chi connectivity index (χ4n) is 4.99. The smallest absolute Gasteiger partial charge is 0.321 e. The SMILES string of the molecule is CN1CCC(C(C(=O)O)N2CCC(c3c[nH]c4ccc(N)cc34)CC2)CC1. The van der Waals surface area contributed by atoms with Gasteiger partial charge in [0.15, 0.2) is 0 Å². The molecule has 4 rings (SSSR count). The van der Waals surface area contributed by atoms with Crippen LogP contribution in [-0.4, -0.2) is 65.1 Å². The highest BCUT2D eigenvalue weighted by Gasteiger charge is 2.37. The summed E-state index contributed by atoms with van der Waals surface area (Å²) in [6.45, 7) is 3.70. The summed E-state index contributed by atoms with van der Waals surface area (Å²) in [5.74, 6) is 0.0785. The van der Waals surface area contributed by atoms with E-state index in [0.717, 1.165) is 63.1 Å². The summed E-state index contributed by atoms with van der Waals surface area (Å²) in [5, 5.41) is 11.1. The van der Waals surface area contributed by atoms with Crippen molar-refractivity contribution in [1.82, 2.24) is 14.8 Å². The van der Waals surface area contributed by atoms with E-state index >= 15 is 0 Å². The number of piperidine rings is 2. The summed E-state index contributed by atoms with van der Waals surface area (Å²) < 4.78 is 0. The van der Waals surface area contributed by atoms with Gasteiger partial charge in [0.1, 0.15) is 6.04 Å². The molecule has 0 aliphatic carbocycles. The summed E-state index contributed by atoms with van der Waals surface area (Å²) in [6.07, 6.45) is 6.07. The molecule has 6 nitrogen and oxygen atoms in total. The van der Waals surface area contributed by atoms with Crippen molar-refractivity contribution in [3.8, 4) is 0 Å². The molecule has 1 aromatic heterocycles. The van der Waals surface area contributed by atoms with E-state index in [1.54, 1.807) is 0 Å². The molecular weight excluding hydrogens is 340 g/mol. The minimum Gasteiger partial charge on any atom is -0.480 e. The van der Waals surface area contributed by atoms with E-state index in [2.05, 4.69) is 28.0 Å². The second kappa shape index (κ2) is 7.52. The van der Waals surface area contributed by atoms with E-state index in [0.29, 0.717) is 5.92 Å². The van der Waals surface area contributed by atoms with Crippen LogP contribution in [-0.2, 0) is 4.79 Å². The van der Waals surface area contributed by atoms with E-state index in [1.165, 1.54) is 10.9 Å². The van der Waals surface area contributed by atoms with Gasteiger partial charge in [0.25, 0.3) is 0 Å². The predicted molar refractivity (Wildman–Crippen MR) is 108 cm³/mol. The van der Waals surface area contributed by atoms with Crippen molar-refractivity contribution in [2.24, 2.45) is 5.92 Å². The largest absolute Gasteiger partial charge is 0.480 e. The van der Waals surface area contributed by atoms with Gasteiger partial charge >= 0.3 is 5.97 Å². The van der Waals surface area contributed by atoms with Crippen LogP contribution in [0.2, 0.25) is 0 Å². The Morgan fingerprint density at radius 1 is 1.19 bits per heavy atom. The molecule has 2 fully saturated rings. The lowest BCUT2D eigenvalue weighted by Crippen LogP contribution is -2.51. The number of nitrogens with zero attached hydrogens (tertiary/aromatic N) is 2. The summed E-state index contributed by atoms with van der Waals surface area (Å²) in [4.78, 5) is 19.9. The Morgan fingerprint density at radius 2 is 1.89 bits per heavy atom. The third-order valence-electron chi connectivity index (χ3n) is 6.56. The van der Waals surface area contributed by atoms with Crippen molar-refractivity contribution in [1.29, 1.82) is 0 Å². The highest BCUT2D eigenvalue weighted by Crippen LogP contribution is 2.36. The number of rotatable bonds is 4. The number of fused-ring (bicyclic) bond motifs is 1. The number of likely N-dealkylation sites (tertiary alicyclic amines) is 2. The standard InChI is InChI=1S/C21H30N4O2/c1-24-8-4-15(5-9-24)20(21(26)27)25-10-6-14(7-11-25)18-13-23-19-3-2-16(22)12-17(18)19/h2-3,12-15,20,23H,4-11,22H2,1H3,(H,26,27). The molecular formula is C21H30N4O2. The average molecular weight is 370 g/mol. The number of nitrogens with two attached hydrogens (primary N) is 1. The summed E-state index contributed by atoms with van der Waals surface area (Å²) >= 11 is 0. The molecule has 3 heterocycles. The number of aromatic amines is 1. The molecule has 0 radical (unpaired) electrons. The number of benzene rings is 1. The molecule has 2 aliphatic rings. The Hall–Kier alpha value is -2.05. The van der Waals surface area contributed by atoms with Gasteiger partial charge in [0.2, 0.25) is 0 Å². The minimum atomic E-state index is -0.650. The lowest BCUT2D eigenvalue weighted by atomic mass is 9.84. The van der Waals surface area contributed by atoms with Crippen LogP contribution in [0.25, 0.3) is 10.9 Å². The van der Waals surface area contributed by atoms with Crippen LogP contribution in [0.4, 0.5) is 5.69 Å². The maximum atomic E-state index is 12.0. The van der Waals surface area contributed by atoms with Crippen molar-refractivity contribution in [3.63, 3.8) is 0 Å². The van der Waals surface area contributed by atoms with E-state index in [1.807, 2.05) is 18.2 Å². The molecule has 146 valence electrons. The number of anilines is 1. The molecule has 0 amide bonds. The third-order valence-corrected chi connectivity index (χ3v) is 6.56. The first kappa shape index (κ1) is 18.3. The number of nitrogens with one attached hydrogen (secondary N) is 1. The summed E-state index contributed by atoms with van der Waals surface area (Å²) in [5.41, 5.74) is 9.21. The molecule has 0 bridgehead atoms. The van der Waals surface area contributed by atoms with Crippen LogP contribution in [0, 0.1) is 5.92 Å². The topological polar surface area (TPSA) is 85.6 Å². The molecule has 4 N–H and O–H groups in total.